The van der Waals surface area contributed by atoms with Crippen molar-refractivity contribution in [3.8, 4) is 11.3 Å². The third-order valence-corrected chi connectivity index (χ3v) is 5.98. The summed E-state index contributed by atoms with van der Waals surface area (Å²) in [6.07, 6.45) is 4.53. The lowest BCUT2D eigenvalue weighted by Gasteiger charge is -2.23. The van der Waals surface area contributed by atoms with Gasteiger partial charge in [-0.25, -0.2) is 9.50 Å². The smallest absolute Gasteiger partial charge is 0.155 e. The lowest BCUT2D eigenvalue weighted by atomic mass is 9.88. The van der Waals surface area contributed by atoms with Gasteiger partial charge in [-0.15, -0.1) is 0 Å². The van der Waals surface area contributed by atoms with E-state index in [4.69, 9.17) is 0 Å². The lowest BCUT2D eigenvalue weighted by Crippen LogP contribution is -2.26. The normalized spacial score (nSPS) is 15.9. The number of fused-ring (bicyclic) bond motifs is 2. The molecule has 1 aromatic carbocycles. The molecule has 0 amide bonds. The molecule has 4 aromatic rings. The predicted molar refractivity (Wildman–Crippen MR) is 114 cm³/mol. The number of nitrogens with one attached hydrogen (secondary N) is 2. The predicted octanol–water partition coefficient (Wildman–Crippen LogP) is 4.78. The van der Waals surface area contributed by atoms with Crippen LogP contribution in [0.4, 0.5) is 0 Å². The van der Waals surface area contributed by atoms with Gasteiger partial charge in [0.15, 0.2) is 5.65 Å². The van der Waals surface area contributed by atoms with Gasteiger partial charge < -0.3 is 10.3 Å². The molecule has 144 valence electrons. The molecule has 0 saturated carbocycles. The molecular weight excluding hydrogens is 346 g/mol. The van der Waals surface area contributed by atoms with Crippen LogP contribution in [-0.2, 0) is 0 Å². The number of nitrogens with zero attached hydrogens (tertiary/aromatic N) is 3. The van der Waals surface area contributed by atoms with E-state index < -0.39 is 0 Å². The summed E-state index contributed by atoms with van der Waals surface area (Å²) in [6.45, 7) is 8.73. The van der Waals surface area contributed by atoms with Gasteiger partial charge in [0.2, 0.25) is 0 Å². The van der Waals surface area contributed by atoms with E-state index in [0.717, 1.165) is 30.1 Å². The first-order valence-corrected chi connectivity index (χ1v) is 10.3. The largest absolute Gasteiger partial charge is 0.354 e. The van der Waals surface area contributed by atoms with Crippen LogP contribution in [0.15, 0.2) is 36.5 Å². The highest BCUT2D eigenvalue weighted by Crippen LogP contribution is 2.37. The minimum atomic E-state index is 0.431. The summed E-state index contributed by atoms with van der Waals surface area (Å²) in [5.74, 6) is 1.89. The number of piperidine rings is 1. The molecule has 0 aliphatic carbocycles. The fraction of sp³-hybridized carbons (Fsp3) is 0.391. The zero-order chi connectivity index (χ0) is 19.3. The van der Waals surface area contributed by atoms with Crippen molar-refractivity contribution in [3.63, 3.8) is 0 Å². The lowest BCUT2D eigenvalue weighted by molar-refractivity contribution is 0.460. The number of aromatic nitrogens is 4. The van der Waals surface area contributed by atoms with Gasteiger partial charge in [0, 0.05) is 22.7 Å². The number of H-pyrrole nitrogens is 1. The van der Waals surface area contributed by atoms with Crippen LogP contribution in [-0.4, -0.2) is 32.7 Å². The average Bonchev–Trinajstić information content (AvgIpc) is 3.26. The minimum absolute atomic E-state index is 0.431. The second kappa shape index (κ2) is 6.74. The van der Waals surface area contributed by atoms with E-state index in [1.807, 2.05) is 17.5 Å². The monoisotopic (exact) mass is 373 g/mol. The highest BCUT2D eigenvalue weighted by atomic mass is 15.3. The van der Waals surface area contributed by atoms with Crippen LogP contribution in [0.3, 0.4) is 0 Å². The Morgan fingerprint density at radius 1 is 1.11 bits per heavy atom. The maximum Gasteiger partial charge on any atom is 0.155 e. The van der Waals surface area contributed by atoms with Gasteiger partial charge in [-0.05, 0) is 80.1 Å². The Hall–Kier alpha value is -2.66. The van der Waals surface area contributed by atoms with Crippen molar-refractivity contribution in [2.75, 3.05) is 13.1 Å². The van der Waals surface area contributed by atoms with E-state index >= 15 is 0 Å². The van der Waals surface area contributed by atoms with Crippen molar-refractivity contribution in [2.24, 2.45) is 0 Å². The molecule has 1 aliphatic rings. The van der Waals surface area contributed by atoms with Crippen molar-refractivity contribution < 1.29 is 0 Å². The van der Waals surface area contributed by atoms with Crippen molar-refractivity contribution in [2.45, 2.75) is 45.4 Å². The van der Waals surface area contributed by atoms with Gasteiger partial charge in [0.05, 0.1) is 5.69 Å². The molecule has 28 heavy (non-hydrogen) atoms. The Kier molecular flexibility index (Phi) is 4.20. The summed E-state index contributed by atoms with van der Waals surface area (Å²) < 4.78 is 1.88. The average molecular weight is 374 g/mol. The SMILES string of the molecule is Cc1nc2ccc(-c3[nH]c4ccc(C5CCNCC5)cc4c3C(C)C)cn2n1. The summed E-state index contributed by atoms with van der Waals surface area (Å²) in [5.41, 5.74) is 7.32. The van der Waals surface area contributed by atoms with Crippen molar-refractivity contribution in [3.05, 3.63) is 53.5 Å². The summed E-state index contributed by atoms with van der Waals surface area (Å²) in [5, 5.41) is 9.32. The van der Waals surface area contributed by atoms with Gasteiger partial charge >= 0.3 is 0 Å². The van der Waals surface area contributed by atoms with Crippen LogP contribution in [0.2, 0.25) is 0 Å². The van der Waals surface area contributed by atoms with E-state index in [-0.39, 0.29) is 0 Å². The zero-order valence-corrected chi connectivity index (χ0v) is 16.8. The summed E-state index contributed by atoms with van der Waals surface area (Å²) in [7, 11) is 0. The van der Waals surface area contributed by atoms with Crippen LogP contribution in [0.1, 0.15) is 55.5 Å². The molecule has 5 heteroatoms. The van der Waals surface area contributed by atoms with Crippen molar-refractivity contribution in [1.82, 2.24) is 24.9 Å². The van der Waals surface area contributed by atoms with Gasteiger partial charge in [-0.1, -0.05) is 19.9 Å². The van der Waals surface area contributed by atoms with E-state index in [0.29, 0.717) is 11.8 Å². The molecule has 1 fully saturated rings. The quantitative estimate of drug-likeness (QED) is 0.543. The number of pyridine rings is 1. The second-order valence-electron chi connectivity index (χ2n) is 8.28. The van der Waals surface area contributed by atoms with E-state index in [1.54, 1.807) is 0 Å². The standard InChI is InChI=1S/C23H27N5/c1-14(2)22-19-12-17(16-8-10-24-11-9-16)4-6-20(19)26-23(22)18-5-7-21-25-15(3)27-28(21)13-18/h4-7,12-14,16,24,26H,8-11H2,1-3H3. The first kappa shape index (κ1) is 17.4. The molecule has 0 spiro atoms. The van der Waals surface area contributed by atoms with E-state index in [1.165, 1.54) is 40.6 Å². The molecular formula is C23H27N5. The Labute approximate surface area is 165 Å². The molecule has 3 aromatic heterocycles. The Bertz CT molecular complexity index is 1140. The van der Waals surface area contributed by atoms with Crippen molar-refractivity contribution in [1.29, 1.82) is 0 Å². The summed E-state index contributed by atoms with van der Waals surface area (Å²) in [4.78, 5) is 8.14. The third-order valence-electron chi connectivity index (χ3n) is 5.98. The molecule has 0 unspecified atom stereocenters. The first-order valence-electron chi connectivity index (χ1n) is 10.3. The van der Waals surface area contributed by atoms with E-state index in [2.05, 4.69) is 64.7 Å². The van der Waals surface area contributed by atoms with Crippen LogP contribution in [0.5, 0.6) is 0 Å². The minimum Gasteiger partial charge on any atom is -0.354 e. The Morgan fingerprint density at radius 2 is 1.93 bits per heavy atom. The molecule has 5 rings (SSSR count). The Morgan fingerprint density at radius 3 is 2.71 bits per heavy atom. The zero-order valence-electron chi connectivity index (χ0n) is 16.8. The maximum absolute atomic E-state index is 4.49. The number of aromatic amines is 1. The summed E-state index contributed by atoms with van der Waals surface area (Å²) in [6, 6.07) is 11.2. The molecule has 1 saturated heterocycles. The highest BCUT2D eigenvalue weighted by molar-refractivity contribution is 5.92. The van der Waals surface area contributed by atoms with Crippen LogP contribution in [0, 0.1) is 6.92 Å². The number of aryl methyl sites for hydroxylation is 1. The Balaban J connectivity index is 1.66. The number of hydrogen-bond acceptors (Lipinski definition) is 3. The van der Waals surface area contributed by atoms with Crippen molar-refractivity contribution >= 4 is 16.6 Å². The number of rotatable bonds is 3. The molecule has 5 nitrogen and oxygen atoms in total. The topological polar surface area (TPSA) is 58.0 Å². The van der Waals surface area contributed by atoms with Crippen LogP contribution in [0.25, 0.3) is 27.8 Å². The van der Waals surface area contributed by atoms with Gasteiger partial charge in [0.1, 0.15) is 5.82 Å². The molecule has 0 bridgehead atoms. The molecule has 0 radical (unpaired) electrons. The van der Waals surface area contributed by atoms with Crippen LogP contribution < -0.4 is 5.32 Å². The molecule has 2 N–H and O–H groups in total. The number of hydrogen-bond donors (Lipinski definition) is 2. The fourth-order valence-corrected chi connectivity index (χ4v) is 4.61. The molecule has 1 aliphatic heterocycles. The highest BCUT2D eigenvalue weighted by Gasteiger charge is 2.20. The third kappa shape index (κ3) is 2.90. The fourth-order valence-electron chi connectivity index (χ4n) is 4.61. The summed E-state index contributed by atoms with van der Waals surface area (Å²) >= 11 is 0. The first-order chi connectivity index (χ1) is 13.6. The van der Waals surface area contributed by atoms with Gasteiger partial charge in [-0.3, -0.25) is 0 Å². The second-order valence-corrected chi connectivity index (χ2v) is 8.28. The molecule has 0 atom stereocenters. The number of benzene rings is 1. The van der Waals surface area contributed by atoms with Crippen LogP contribution >= 0.6 is 0 Å². The maximum atomic E-state index is 4.49. The molecule has 4 heterocycles. The van der Waals surface area contributed by atoms with Gasteiger partial charge in [-0.2, -0.15) is 5.10 Å². The van der Waals surface area contributed by atoms with Gasteiger partial charge in [0.25, 0.3) is 0 Å². The van der Waals surface area contributed by atoms with E-state index in [9.17, 15) is 0 Å².